The number of benzene rings is 2. The zero-order valence-electron chi connectivity index (χ0n) is 27.8. The Morgan fingerprint density at radius 1 is 1.00 bits per heavy atom. The summed E-state index contributed by atoms with van der Waals surface area (Å²) < 4.78 is 0. The van der Waals surface area contributed by atoms with Crippen molar-refractivity contribution in [2.45, 2.75) is 86.5 Å². The molecule has 0 fully saturated rings. The summed E-state index contributed by atoms with van der Waals surface area (Å²) >= 11 is 0. The van der Waals surface area contributed by atoms with Crippen LogP contribution < -0.4 is 11.0 Å². The third-order valence-corrected chi connectivity index (χ3v) is 7.95. The van der Waals surface area contributed by atoms with E-state index in [1.807, 2.05) is 49.4 Å². The van der Waals surface area contributed by atoms with Gasteiger partial charge in [0, 0.05) is 18.5 Å². The number of aryl methyl sites for hydroxylation is 1. The molecule has 0 heterocycles. The van der Waals surface area contributed by atoms with Gasteiger partial charge in [0.25, 0.3) is 0 Å². The maximum absolute atomic E-state index is 7.18. The molecule has 0 radical (unpaired) electrons. The van der Waals surface area contributed by atoms with E-state index in [1.165, 1.54) is 60.7 Å². The SMILES string of the molecule is C=C(N)CCC(c1c(P)ccc(C)c1C)C(C)C.C=CCCN(CCC)CCC.C=Cc1ccc(/C(C=N)=C/C)cc1. The summed E-state index contributed by atoms with van der Waals surface area (Å²) in [6, 6.07) is 12.4. The lowest BCUT2D eigenvalue weighted by Crippen LogP contribution is -2.26. The number of rotatable bonds is 15. The molecule has 0 bridgehead atoms. The number of hydrogen-bond acceptors (Lipinski definition) is 3. The molecule has 2 unspecified atom stereocenters. The second kappa shape index (κ2) is 22.8. The monoisotopic (exact) mass is 589 g/mol. The molecule has 42 heavy (non-hydrogen) atoms. The summed E-state index contributed by atoms with van der Waals surface area (Å²) in [5.74, 6) is 1.17. The number of nitrogens with two attached hydrogens (primary N) is 1. The molecule has 0 saturated heterocycles. The first-order chi connectivity index (χ1) is 20.0. The van der Waals surface area contributed by atoms with Crippen LogP contribution in [-0.4, -0.2) is 30.7 Å². The van der Waals surface area contributed by atoms with Crippen molar-refractivity contribution in [3.8, 4) is 0 Å². The topological polar surface area (TPSA) is 53.1 Å². The van der Waals surface area contributed by atoms with Crippen LogP contribution in [0.25, 0.3) is 11.6 Å². The summed E-state index contributed by atoms with van der Waals surface area (Å²) in [5, 5.41) is 8.50. The zero-order valence-corrected chi connectivity index (χ0v) is 29.0. The third kappa shape index (κ3) is 14.9. The van der Waals surface area contributed by atoms with Crippen molar-refractivity contribution >= 4 is 32.4 Å². The molecule has 4 heteroatoms. The fraction of sp³-hybridized carbons (Fsp3) is 0.447. The van der Waals surface area contributed by atoms with E-state index < -0.39 is 0 Å². The van der Waals surface area contributed by atoms with E-state index in [9.17, 15) is 0 Å². The molecule has 0 aliphatic rings. The van der Waals surface area contributed by atoms with Gasteiger partial charge in [-0.15, -0.1) is 15.8 Å². The molecule has 0 aliphatic heterocycles. The van der Waals surface area contributed by atoms with Crippen LogP contribution in [-0.2, 0) is 0 Å². The van der Waals surface area contributed by atoms with Gasteiger partial charge in [-0.05, 0) is 116 Å². The lowest BCUT2D eigenvalue weighted by Gasteiger charge is -2.26. The fourth-order valence-electron chi connectivity index (χ4n) is 4.89. The van der Waals surface area contributed by atoms with Gasteiger partial charge in [0.2, 0.25) is 0 Å². The van der Waals surface area contributed by atoms with Gasteiger partial charge in [-0.2, -0.15) is 0 Å². The predicted molar refractivity (Wildman–Crippen MR) is 196 cm³/mol. The molecule has 0 spiro atoms. The van der Waals surface area contributed by atoms with Crippen molar-refractivity contribution < 1.29 is 0 Å². The van der Waals surface area contributed by atoms with E-state index in [1.54, 1.807) is 0 Å². The Labute approximate surface area is 261 Å². The summed E-state index contributed by atoms with van der Waals surface area (Å²) in [5.41, 5.74) is 13.9. The summed E-state index contributed by atoms with van der Waals surface area (Å²) in [6.07, 6.45) is 12.7. The van der Waals surface area contributed by atoms with Crippen LogP contribution in [0.2, 0.25) is 0 Å². The van der Waals surface area contributed by atoms with Gasteiger partial charge in [0.1, 0.15) is 0 Å². The van der Waals surface area contributed by atoms with Crippen molar-refractivity contribution in [3.63, 3.8) is 0 Å². The molecule has 0 aliphatic carbocycles. The first-order valence-electron chi connectivity index (χ1n) is 15.5. The largest absolute Gasteiger partial charge is 0.403 e. The third-order valence-electron chi connectivity index (χ3n) is 7.45. The zero-order chi connectivity index (χ0) is 32.1. The number of hydrogen-bond donors (Lipinski definition) is 2. The Bertz CT molecular complexity index is 1110. The lowest BCUT2D eigenvalue weighted by atomic mass is 9.81. The minimum Gasteiger partial charge on any atom is -0.403 e. The van der Waals surface area contributed by atoms with E-state index in [2.05, 4.69) is 87.6 Å². The quantitative estimate of drug-likeness (QED) is 0.123. The lowest BCUT2D eigenvalue weighted by molar-refractivity contribution is 0.280. The Morgan fingerprint density at radius 3 is 2.02 bits per heavy atom. The molecule has 2 atom stereocenters. The maximum Gasteiger partial charge on any atom is 0.0253 e. The average molecular weight is 590 g/mol. The highest BCUT2D eigenvalue weighted by Gasteiger charge is 2.20. The van der Waals surface area contributed by atoms with E-state index in [4.69, 9.17) is 11.1 Å². The standard InChI is InChI=1S/C16H26NP.C12H13N.C10H21N/c1-10(2)14(8-7-12(4)17)16-13(5)11(3)6-9-15(16)18;1-3-10-5-7-12(8-6-10)11(4-2)9-13;1-4-7-10-11(8-5-2)9-6-3/h6,9-10,14H,4,7-8,17-18H2,1-3,5H3;3-9,13H,1H2,2H3;4H,1,5-10H2,2-3H3/b;11-4+,13-9?;. The van der Waals surface area contributed by atoms with Gasteiger partial charge in [-0.3, -0.25) is 0 Å². The molecule has 2 aromatic carbocycles. The molecule has 2 aromatic rings. The summed E-state index contributed by atoms with van der Waals surface area (Å²) in [6.45, 7) is 30.3. The number of nitrogens with one attached hydrogen (secondary N) is 1. The van der Waals surface area contributed by atoms with Gasteiger partial charge in [-0.25, -0.2) is 0 Å². The van der Waals surface area contributed by atoms with Crippen molar-refractivity contribution in [1.29, 1.82) is 5.41 Å². The van der Waals surface area contributed by atoms with Crippen LogP contribution in [0.4, 0.5) is 0 Å². The van der Waals surface area contributed by atoms with Crippen molar-refractivity contribution in [2.75, 3.05) is 19.6 Å². The Hall–Kier alpha value is -2.74. The maximum atomic E-state index is 7.18. The van der Waals surface area contributed by atoms with Crippen molar-refractivity contribution in [1.82, 2.24) is 4.90 Å². The van der Waals surface area contributed by atoms with E-state index in [0.29, 0.717) is 11.8 Å². The molecular weight excluding hydrogens is 529 g/mol. The van der Waals surface area contributed by atoms with Crippen LogP contribution in [0.3, 0.4) is 0 Å². The van der Waals surface area contributed by atoms with Gasteiger partial charge in [0.05, 0.1) is 0 Å². The van der Waals surface area contributed by atoms with Crippen molar-refractivity contribution in [3.05, 3.63) is 102 Å². The van der Waals surface area contributed by atoms with E-state index >= 15 is 0 Å². The molecule has 0 aromatic heterocycles. The number of allylic oxidation sites excluding steroid dienone is 3. The first-order valence-corrected chi connectivity index (χ1v) is 16.1. The Balaban J connectivity index is 0.000000624. The summed E-state index contributed by atoms with van der Waals surface area (Å²) in [4.78, 5) is 2.50. The van der Waals surface area contributed by atoms with E-state index in [-0.39, 0.29) is 0 Å². The minimum absolute atomic E-state index is 0.553. The van der Waals surface area contributed by atoms with Gasteiger partial charge < -0.3 is 16.0 Å². The number of nitrogens with zero attached hydrogens (tertiary/aromatic N) is 1. The average Bonchev–Trinajstić information content (AvgIpc) is 2.97. The first kappa shape index (κ1) is 39.3. The van der Waals surface area contributed by atoms with Gasteiger partial charge in [-0.1, -0.05) is 95.5 Å². The predicted octanol–water partition coefficient (Wildman–Crippen LogP) is 9.86. The van der Waals surface area contributed by atoms with E-state index in [0.717, 1.165) is 41.7 Å². The molecule has 232 valence electrons. The normalized spacial score (nSPS) is 11.6. The van der Waals surface area contributed by atoms with Gasteiger partial charge in [0.15, 0.2) is 0 Å². The molecule has 0 amide bonds. The second-order valence-corrected chi connectivity index (χ2v) is 11.8. The minimum atomic E-state index is 0.553. The fourth-order valence-corrected chi connectivity index (χ4v) is 5.42. The van der Waals surface area contributed by atoms with Gasteiger partial charge >= 0.3 is 0 Å². The molecular formula is C38H60N3P. The van der Waals surface area contributed by atoms with Crippen LogP contribution in [0.15, 0.2) is 74.0 Å². The Kier molecular flexibility index (Phi) is 21.3. The highest BCUT2D eigenvalue weighted by molar-refractivity contribution is 7.27. The smallest absolute Gasteiger partial charge is 0.0253 e. The van der Waals surface area contributed by atoms with Crippen molar-refractivity contribution in [2.24, 2.45) is 11.7 Å². The summed E-state index contributed by atoms with van der Waals surface area (Å²) in [7, 11) is 2.88. The molecule has 3 nitrogen and oxygen atoms in total. The van der Waals surface area contributed by atoms with Crippen LogP contribution in [0, 0.1) is 25.2 Å². The molecule has 2 rings (SSSR count). The molecule has 3 N–H and O–H groups in total. The van der Waals surface area contributed by atoms with Crippen LogP contribution in [0.5, 0.6) is 0 Å². The highest BCUT2D eigenvalue weighted by Crippen LogP contribution is 2.32. The van der Waals surface area contributed by atoms with Crippen LogP contribution in [0.1, 0.15) is 100 Å². The van der Waals surface area contributed by atoms with Crippen LogP contribution >= 0.6 is 9.24 Å². The highest BCUT2D eigenvalue weighted by atomic mass is 31.0. The Morgan fingerprint density at radius 2 is 1.60 bits per heavy atom. The second-order valence-electron chi connectivity index (χ2n) is 11.2. The molecule has 0 saturated carbocycles.